The molecular formula is C17H20Cl2N4OS. The fraction of sp³-hybridized carbons (Fsp3) is 0.412. The molecule has 0 aliphatic carbocycles. The molecule has 2 aromatic rings. The van der Waals surface area contributed by atoms with Crippen LogP contribution in [0.1, 0.15) is 17.4 Å². The van der Waals surface area contributed by atoms with Crippen LogP contribution in [0.5, 0.6) is 0 Å². The van der Waals surface area contributed by atoms with Crippen molar-refractivity contribution in [1.82, 2.24) is 19.8 Å². The van der Waals surface area contributed by atoms with Gasteiger partial charge in [0.1, 0.15) is 11.9 Å². The number of halogens is 2. The maximum absolute atomic E-state index is 12.7. The maximum Gasteiger partial charge on any atom is 0.233 e. The molecule has 0 bridgehead atoms. The molecule has 1 fully saturated rings. The smallest absolute Gasteiger partial charge is 0.233 e. The van der Waals surface area contributed by atoms with Gasteiger partial charge in [-0.25, -0.2) is 4.98 Å². The van der Waals surface area contributed by atoms with Crippen LogP contribution in [0.4, 0.5) is 0 Å². The van der Waals surface area contributed by atoms with Gasteiger partial charge in [0, 0.05) is 54.9 Å². The maximum atomic E-state index is 12.7. The van der Waals surface area contributed by atoms with Gasteiger partial charge in [-0.05, 0) is 17.7 Å². The zero-order valence-corrected chi connectivity index (χ0v) is 16.2. The van der Waals surface area contributed by atoms with Gasteiger partial charge in [-0.1, -0.05) is 29.3 Å². The Bertz CT molecular complexity index is 752. The van der Waals surface area contributed by atoms with Crippen molar-refractivity contribution in [3.8, 4) is 0 Å². The largest absolute Gasteiger partial charge is 0.336 e. The Morgan fingerprint density at radius 1 is 1.44 bits per heavy atom. The zero-order chi connectivity index (χ0) is 17.8. The SMILES string of the molecule is Cn1ccnc1C1CNCCN1C(=O)CSCc1ccc(Cl)cc1Cl. The highest BCUT2D eigenvalue weighted by molar-refractivity contribution is 7.99. The van der Waals surface area contributed by atoms with E-state index in [1.165, 1.54) is 0 Å². The predicted octanol–water partition coefficient (Wildman–Crippen LogP) is 3.13. The quantitative estimate of drug-likeness (QED) is 0.840. The van der Waals surface area contributed by atoms with Gasteiger partial charge < -0.3 is 14.8 Å². The molecule has 8 heteroatoms. The van der Waals surface area contributed by atoms with Gasteiger partial charge in [0.15, 0.2) is 0 Å². The third-order valence-corrected chi connectivity index (χ3v) is 5.77. The number of aryl methyl sites for hydroxylation is 1. The van der Waals surface area contributed by atoms with Crippen LogP contribution >= 0.6 is 35.0 Å². The number of hydrogen-bond donors (Lipinski definition) is 1. The summed E-state index contributed by atoms with van der Waals surface area (Å²) in [5.74, 6) is 2.14. The minimum Gasteiger partial charge on any atom is -0.336 e. The molecule has 1 aliphatic rings. The van der Waals surface area contributed by atoms with Gasteiger partial charge >= 0.3 is 0 Å². The Labute approximate surface area is 161 Å². The van der Waals surface area contributed by atoms with E-state index in [0.29, 0.717) is 28.1 Å². The fourth-order valence-corrected chi connectivity index (χ4v) is 4.37. The highest BCUT2D eigenvalue weighted by Gasteiger charge is 2.30. The average molecular weight is 399 g/mol. The van der Waals surface area contributed by atoms with E-state index in [2.05, 4.69) is 10.3 Å². The normalized spacial score (nSPS) is 17.7. The summed E-state index contributed by atoms with van der Waals surface area (Å²) in [4.78, 5) is 19.1. The molecular weight excluding hydrogens is 379 g/mol. The van der Waals surface area contributed by atoms with Crippen LogP contribution in [0.3, 0.4) is 0 Å². The van der Waals surface area contributed by atoms with E-state index in [0.717, 1.165) is 24.5 Å². The molecule has 1 aliphatic heterocycles. The first kappa shape index (κ1) is 18.6. The second kappa shape index (κ2) is 8.45. The van der Waals surface area contributed by atoms with Crippen LogP contribution in [0.25, 0.3) is 0 Å². The van der Waals surface area contributed by atoms with E-state index in [9.17, 15) is 4.79 Å². The molecule has 25 heavy (non-hydrogen) atoms. The number of thioether (sulfide) groups is 1. The summed E-state index contributed by atoms with van der Waals surface area (Å²) in [5, 5.41) is 4.60. The monoisotopic (exact) mass is 398 g/mol. The Morgan fingerprint density at radius 2 is 2.28 bits per heavy atom. The topological polar surface area (TPSA) is 50.2 Å². The lowest BCUT2D eigenvalue weighted by Crippen LogP contribution is -2.50. The Balaban J connectivity index is 1.60. The molecule has 134 valence electrons. The van der Waals surface area contributed by atoms with Gasteiger partial charge in [0.05, 0.1) is 5.75 Å². The van der Waals surface area contributed by atoms with E-state index in [-0.39, 0.29) is 11.9 Å². The average Bonchev–Trinajstić information content (AvgIpc) is 3.02. The van der Waals surface area contributed by atoms with Gasteiger partial charge in [-0.3, -0.25) is 4.79 Å². The molecule has 1 amide bonds. The number of nitrogens with one attached hydrogen (secondary N) is 1. The zero-order valence-electron chi connectivity index (χ0n) is 13.9. The molecule has 0 saturated carbocycles. The molecule has 3 rings (SSSR count). The second-order valence-electron chi connectivity index (χ2n) is 5.93. The predicted molar refractivity (Wildman–Crippen MR) is 103 cm³/mol. The lowest BCUT2D eigenvalue weighted by atomic mass is 10.1. The summed E-state index contributed by atoms with van der Waals surface area (Å²) in [6.45, 7) is 2.23. The first-order valence-corrected chi connectivity index (χ1v) is 9.96. The first-order chi connectivity index (χ1) is 12.1. The van der Waals surface area contributed by atoms with Gasteiger partial charge in [-0.15, -0.1) is 11.8 Å². The van der Waals surface area contributed by atoms with Crippen LogP contribution in [-0.2, 0) is 17.6 Å². The highest BCUT2D eigenvalue weighted by atomic mass is 35.5. The molecule has 2 heterocycles. The van der Waals surface area contributed by atoms with Crippen molar-refractivity contribution in [2.75, 3.05) is 25.4 Å². The van der Waals surface area contributed by atoms with Crippen molar-refractivity contribution in [2.45, 2.75) is 11.8 Å². The van der Waals surface area contributed by atoms with Crippen molar-refractivity contribution in [3.63, 3.8) is 0 Å². The van der Waals surface area contributed by atoms with E-state index in [1.54, 1.807) is 24.0 Å². The van der Waals surface area contributed by atoms with Crippen LogP contribution in [0, 0.1) is 0 Å². The van der Waals surface area contributed by atoms with Crippen molar-refractivity contribution in [2.24, 2.45) is 7.05 Å². The minimum absolute atomic E-state index is 0.0269. The number of hydrogen-bond acceptors (Lipinski definition) is 4. The summed E-state index contributed by atoms with van der Waals surface area (Å²) in [6, 6.07) is 5.43. The Morgan fingerprint density at radius 3 is 3.00 bits per heavy atom. The highest BCUT2D eigenvalue weighted by Crippen LogP contribution is 2.26. The molecule has 1 unspecified atom stereocenters. The third kappa shape index (κ3) is 4.50. The molecule has 0 radical (unpaired) electrons. The van der Waals surface area contributed by atoms with Crippen molar-refractivity contribution < 1.29 is 4.79 Å². The molecule has 5 nitrogen and oxygen atoms in total. The molecule has 1 aromatic carbocycles. The number of rotatable bonds is 5. The van der Waals surface area contributed by atoms with E-state index in [1.807, 2.05) is 34.8 Å². The summed E-state index contributed by atoms with van der Waals surface area (Å²) in [5.41, 5.74) is 0.991. The van der Waals surface area contributed by atoms with Gasteiger partial charge in [0.2, 0.25) is 5.91 Å². The number of piperazine rings is 1. The van der Waals surface area contributed by atoms with Crippen LogP contribution in [0.2, 0.25) is 10.0 Å². The van der Waals surface area contributed by atoms with Crippen molar-refractivity contribution in [1.29, 1.82) is 0 Å². The summed E-state index contributed by atoms with van der Waals surface area (Å²) >= 11 is 13.7. The summed E-state index contributed by atoms with van der Waals surface area (Å²) < 4.78 is 1.97. The summed E-state index contributed by atoms with van der Waals surface area (Å²) in [7, 11) is 1.96. The number of imidazole rings is 1. The Kier molecular flexibility index (Phi) is 6.28. The van der Waals surface area contributed by atoms with Crippen LogP contribution in [-0.4, -0.2) is 45.7 Å². The molecule has 1 atom stereocenters. The second-order valence-corrected chi connectivity index (χ2v) is 7.76. The molecule has 1 N–H and O–H groups in total. The van der Waals surface area contributed by atoms with Crippen molar-refractivity contribution >= 4 is 40.9 Å². The first-order valence-electron chi connectivity index (χ1n) is 8.05. The number of carbonyl (C=O) groups is 1. The standard InChI is InChI=1S/C17H20Cl2N4OS/c1-22-6-5-21-17(22)15-9-20-4-7-23(15)16(24)11-25-10-12-2-3-13(18)8-14(12)19/h2-3,5-6,8,15,20H,4,7,9-11H2,1H3. The summed E-state index contributed by atoms with van der Waals surface area (Å²) in [6.07, 6.45) is 3.67. The number of carbonyl (C=O) groups excluding carboxylic acids is 1. The molecule has 1 saturated heterocycles. The Hall–Kier alpha value is -1.21. The number of aromatic nitrogens is 2. The van der Waals surface area contributed by atoms with Gasteiger partial charge in [-0.2, -0.15) is 0 Å². The third-order valence-electron chi connectivity index (χ3n) is 4.22. The lowest BCUT2D eigenvalue weighted by molar-refractivity contribution is -0.131. The van der Waals surface area contributed by atoms with Crippen LogP contribution < -0.4 is 5.32 Å². The van der Waals surface area contributed by atoms with E-state index >= 15 is 0 Å². The van der Waals surface area contributed by atoms with Gasteiger partial charge in [0.25, 0.3) is 0 Å². The van der Waals surface area contributed by atoms with Crippen LogP contribution in [0.15, 0.2) is 30.6 Å². The van der Waals surface area contributed by atoms with E-state index < -0.39 is 0 Å². The molecule has 1 aromatic heterocycles. The lowest BCUT2D eigenvalue weighted by Gasteiger charge is -2.35. The fourth-order valence-electron chi connectivity index (χ4n) is 2.90. The number of benzene rings is 1. The van der Waals surface area contributed by atoms with Crippen molar-refractivity contribution in [3.05, 3.63) is 52.0 Å². The molecule has 0 spiro atoms. The minimum atomic E-state index is -0.0269. The van der Waals surface area contributed by atoms with E-state index in [4.69, 9.17) is 23.2 Å². The number of nitrogens with zero attached hydrogens (tertiary/aromatic N) is 3. The number of amides is 1.